The summed E-state index contributed by atoms with van der Waals surface area (Å²) in [7, 11) is 1.96. The number of carbonyl (C=O) groups is 1. The number of nitrogens with zero attached hydrogens (tertiary/aromatic N) is 2. The van der Waals surface area contributed by atoms with Crippen LogP contribution < -0.4 is 10.9 Å². The van der Waals surface area contributed by atoms with E-state index in [1.807, 2.05) is 25.2 Å². The quantitative estimate of drug-likeness (QED) is 0.770. The summed E-state index contributed by atoms with van der Waals surface area (Å²) < 4.78 is 5.18. The molecule has 0 saturated carbocycles. The van der Waals surface area contributed by atoms with Gasteiger partial charge >= 0.3 is 5.97 Å². The molecule has 1 aromatic heterocycles. The van der Waals surface area contributed by atoms with E-state index in [-0.39, 0.29) is 11.5 Å². The van der Waals surface area contributed by atoms with Crippen molar-refractivity contribution in [3.63, 3.8) is 0 Å². The second kappa shape index (κ2) is 7.58. The summed E-state index contributed by atoms with van der Waals surface area (Å²) in [5.74, 6) is -0.802. The molecule has 1 unspecified atom stereocenters. The Kier molecular flexibility index (Phi) is 5.24. The zero-order chi connectivity index (χ0) is 18.7. The minimum absolute atomic E-state index is 0.224. The predicted molar refractivity (Wildman–Crippen MR) is 99.0 cm³/mol. The second-order valence-corrected chi connectivity index (χ2v) is 6.45. The molecule has 0 fully saturated rings. The van der Waals surface area contributed by atoms with Crippen LogP contribution in [0.25, 0.3) is 10.9 Å². The SMILES string of the molecule is CCOC(=O)C1CNc2c1c1cc(CN(C)CCC#N)ccc1[nH]c2=O. The standard InChI is InChI=1S/C19H22N4O3/c1-3-26-19(25)14-10-21-17-16(14)13-9-12(11-23(2)8-4-7-20)5-6-15(13)22-18(17)24/h5-6,9,14,21H,3-4,8,10-11H2,1-2H3,(H,22,24). The summed E-state index contributed by atoms with van der Waals surface area (Å²) in [5, 5.41) is 12.6. The first kappa shape index (κ1) is 18.0. The van der Waals surface area contributed by atoms with Crippen LogP contribution in [0.2, 0.25) is 0 Å². The number of nitrogens with one attached hydrogen (secondary N) is 2. The molecule has 1 atom stereocenters. The fraction of sp³-hybridized carbons (Fsp3) is 0.421. The highest BCUT2D eigenvalue weighted by Gasteiger charge is 2.33. The number of ether oxygens (including phenoxy) is 1. The summed E-state index contributed by atoms with van der Waals surface area (Å²) in [6.07, 6.45) is 0.474. The molecule has 1 aliphatic rings. The molecule has 7 nitrogen and oxygen atoms in total. The molecule has 7 heteroatoms. The van der Waals surface area contributed by atoms with Crippen LogP contribution in [0, 0.1) is 11.3 Å². The van der Waals surface area contributed by atoms with Crippen molar-refractivity contribution >= 4 is 22.6 Å². The lowest BCUT2D eigenvalue weighted by atomic mass is 9.96. The van der Waals surface area contributed by atoms with Gasteiger partial charge in [0.15, 0.2) is 0 Å². The Morgan fingerprint density at radius 2 is 2.27 bits per heavy atom. The van der Waals surface area contributed by atoms with Crippen molar-refractivity contribution in [2.75, 3.05) is 32.1 Å². The number of hydrogen-bond donors (Lipinski definition) is 2. The van der Waals surface area contributed by atoms with E-state index in [1.165, 1.54) is 0 Å². The number of benzene rings is 1. The van der Waals surface area contributed by atoms with Gasteiger partial charge in [-0.3, -0.25) is 9.59 Å². The molecule has 136 valence electrons. The molecule has 0 bridgehead atoms. The minimum Gasteiger partial charge on any atom is -0.465 e. The maximum atomic E-state index is 12.3. The maximum Gasteiger partial charge on any atom is 0.315 e. The molecule has 2 aromatic rings. The number of H-pyrrole nitrogens is 1. The second-order valence-electron chi connectivity index (χ2n) is 6.45. The van der Waals surface area contributed by atoms with Crippen molar-refractivity contribution < 1.29 is 9.53 Å². The number of aromatic nitrogens is 1. The fourth-order valence-corrected chi connectivity index (χ4v) is 3.38. The van der Waals surface area contributed by atoms with Gasteiger partial charge in [-0.1, -0.05) is 6.07 Å². The largest absolute Gasteiger partial charge is 0.465 e. The molecule has 0 saturated heterocycles. The van der Waals surface area contributed by atoms with Crippen LogP contribution in [-0.2, 0) is 16.1 Å². The monoisotopic (exact) mass is 354 g/mol. The van der Waals surface area contributed by atoms with Crippen molar-refractivity contribution in [2.24, 2.45) is 0 Å². The summed E-state index contributed by atoms with van der Waals surface area (Å²) in [6, 6.07) is 7.97. The smallest absolute Gasteiger partial charge is 0.315 e. The number of carbonyl (C=O) groups excluding carboxylic acids is 1. The van der Waals surface area contributed by atoms with Crippen LogP contribution in [0.5, 0.6) is 0 Å². The number of anilines is 1. The van der Waals surface area contributed by atoms with Crippen molar-refractivity contribution in [1.82, 2.24) is 9.88 Å². The Morgan fingerprint density at radius 1 is 1.46 bits per heavy atom. The van der Waals surface area contributed by atoms with E-state index in [9.17, 15) is 9.59 Å². The first-order valence-electron chi connectivity index (χ1n) is 8.70. The van der Waals surface area contributed by atoms with Crippen LogP contribution in [-0.4, -0.2) is 42.6 Å². The van der Waals surface area contributed by atoms with Crippen LogP contribution >= 0.6 is 0 Å². The summed E-state index contributed by atoms with van der Waals surface area (Å²) in [5.41, 5.74) is 2.70. The molecule has 0 amide bonds. The fourth-order valence-electron chi connectivity index (χ4n) is 3.38. The molecule has 2 N–H and O–H groups in total. The van der Waals surface area contributed by atoms with Crippen molar-refractivity contribution in [3.05, 3.63) is 39.7 Å². The molecule has 0 spiro atoms. The molecular weight excluding hydrogens is 332 g/mol. The molecule has 1 aromatic carbocycles. The van der Waals surface area contributed by atoms with E-state index < -0.39 is 5.92 Å². The van der Waals surface area contributed by atoms with Gasteiger partial charge in [-0.25, -0.2) is 0 Å². The Hall–Kier alpha value is -2.85. The highest BCUT2D eigenvalue weighted by Crippen LogP contribution is 2.35. The average Bonchev–Trinajstić information content (AvgIpc) is 3.07. The third-order valence-corrected chi connectivity index (χ3v) is 4.58. The third kappa shape index (κ3) is 3.41. The highest BCUT2D eigenvalue weighted by molar-refractivity contribution is 5.95. The Labute approximate surface area is 151 Å². The first-order chi connectivity index (χ1) is 12.5. The Morgan fingerprint density at radius 3 is 3.00 bits per heavy atom. The number of nitriles is 1. The molecule has 0 radical (unpaired) electrons. The Balaban J connectivity index is 2.02. The van der Waals surface area contributed by atoms with Gasteiger partial charge in [0.05, 0.1) is 12.7 Å². The van der Waals surface area contributed by atoms with Gasteiger partial charge in [-0.15, -0.1) is 0 Å². The zero-order valence-electron chi connectivity index (χ0n) is 15.0. The van der Waals surface area contributed by atoms with Crippen LogP contribution in [0.4, 0.5) is 5.69 Å². The van der Waals surface area contributed by atoms with Gasteiger partial charge in [-0.2, -0.15) is 5.26 Å². The first-order valence-corrected chi connectivity index (χ1v) is 8.70. The zero-order valence-corrected chi connectivity index (χ0v) is 15.0. The maximum absolute atomic E-state index is 12.3. The highest BCUT2D eigenvalue weighted by atomic mass is 16.5. The van der Waals surface area contributed by atoms with Crippen molar-refractivity contribution in [3.8, 4) is 6.07 Å². The van der Waals surface area contributed by atoms with E-state index in [0.29, 0.717) is 49.4 Å². The summed E-state index contributed by atoms with van der Waals surface area (Å²) >= 11 is 0. The number of esters is 1. The normalized spacial score (nSPS) is 15.5. The van der Waals surface area contributed by atoms with Gasteiger partial charge < -0.3 is 19.9 Å². The molecule has 26 heavy (non-hydrogen) atoms. The minimum atomic E-state index is -0.485. The van der Waals surface area contributed by atoms with Gasteiger partial charge in [0.1, 0.15) is 11.6 Å². The molecular formula is C19H22N4O3. The molecule has 1 aliphatic heterocycles. The number of pyridine rings is 1. The number of aromatic amines is 1. The van der Waals surface area contributed by atoms with E-state index in [4.69, 9.17) is 10.00 Å². The summed E-state index contributed by atoms with van der Waals surface area (Å²) in [6.45, 7) is 3.81. The predicted octanol–water partition coefficient (Wildman–Crippen LogP) is 1.95. The third-order valence-electron chi connectivity index (χ3n) is 4.58. The Bertz CT molecular complexity index is 929. The van der Waals surface area contributed by atoms with Crippen LogP contribution in [0.1, 0.15) is 30.4 Å². The topological polar surface area (TPSA) is 98.2 Å². The van der Waals surface area contributed by atoms with Crippen LogP contribution in [0.15, 0.2) is 23.0 Å². The average molecular weight is 354 g/mol. The number of hydrogen-bond acceptors (Lipinski definition) is 6. The van der Waals surface area contributed by atoms with E-state index >= 15 is 0 Å². The lowest BCUT2D eigenvalue weighted by Crippen LogP contribution is -2.19. The van der Waals surface area contributed by atoms with Gasteiger partial charge in [0.25, 0.3) is 5.56 Å². The summed E-state index contributed by atoms with van der Waals surface area (Å²) in [4.78, 5) is 29.6. The van der Waals surface area contributed by atoms with Crippen LogP contribution in [0.3, 0.4) is 0 Å². The lowest BCUT2D eigenvalue weighted by Gasteiger charge is -2.16. The lowest BCUT2D eigenvalue weighted by molar-refractivity contribution is -0.144. The van der Waals surface area contributed by atoms with E-state index in [2.05, 4.69) is 21.3 Å². The molecule has 3 rings (SSSR count). The van der Waals surface area contributed by atoms with Crippen molar-refractivity contribution in [2.45, 2.75) is 25.8 Å². The number of fused-ring (bicyclic) bond motifs is 3. The molecule has 2 heterocycles. The van der Waals surface area contributed by atoms with E-state index in [1.54, 1.807) is 6.92 Å². The van der Waals surface area contributed by atoms with Gasteiger partial charge in [0, 0.05) is 42.5 Å². The van der Waals surface area contributed by atoms with E-state index in [0.717, 1.165) is 10.9 Å². The van der Waals surface area contributed by atoms with Crippen molar-refractivity contribution in [1.29, 1.82) is 5.26 Å². The number of rotatable bonds is 6. The van der Waals surface area contributed by atoms with Gasteiger partial charge in [-0.05, 0) is 31.7 Å². The molecule has 0 aliphatic carbocycles. The van der Waals surface area contributed by atoms with Gasteiger partial charge in [0.2, 0.25) is 0 Å².